The third kappa shape index (κ3) is 3.44. The smallest absolute Gasteiger partial charge is 0.316 e. The molecule has 0 aliphatic carbocycles. The zero-order chi connectivity index (χ0) is 18.0. The number of aromatic nitrogens is 2. The molecular formula is C19H23N3O4. The van der Waals surface area contributed by atoms with Crippen LogP contribution in [0.5, 0.6) is 6.01 Å². The summed E-state index contributed by atoms with van der Waals surface area (Å²) in [4.78, 5) is 23.1. The maximum atomic E-state index is 12.7. The van der Waals surface area contributed by atoms with Crippen molar-refractivity contribution >= 4 is 5.91 Å². The van der Waals surface area contributed by atoms with Gasteiger partial charge in [0.25, 0.3) is 0 Å². The van der Waals surface area contributed by atoms with Gasteiger partial charge in [0.15, 0.2) is 0 Å². The molecule has 2 aliphatic heterocycles. The Bertz CT molecular complexity index is 764. The Morgan fingerprint density at radius 3 is 3.19 bits per heavy atom. The third-order valence-electron chi connectivity index (χ3n) is 5.29. The summed E-state index contributed by atoms with van der Waals surface area (Å²) in [5.41, 5.74) is 0.662. The minimum Gasteiger partial charge on any atom is -0.469 e. The highest BCUT2D eigenvalue weighted by Gasteiger charge is 2.49. The highest BCUT2D eigenvalue weighted by Crippen LogP contribution is 2.41. The van der Waals surface area contributed by atoms with Crippen molar-refractivity contribution in [3.8, 4) is 6.01 Å². The van der Waals surface area contributed by atoms with Gasteiger partial charge in [-0.1, -0.05) is 0 Å². The first-order valence-corrected chi connectivity index (χ1v) is 8.99. The van der Waals surface area contributed by atoms with Crippen LogP contribution in [0.2, 0.25) is 0 Å². The summed E-state index contributed by atoms with van der Waals surface area (Å²) in [6.45, 7) is 4.38. The molecule has 0 unspecified atom stereocenters. The van der Waals surface area contributed by atoms with Gasteiger partial charge in [0, 0.05) is 31.6 Å². The molecule has 0 bridgehead atoms. The van der Waals surface area contributed by atoms with E-state index < -0.39 is 0 Å². The minimum absolute atomic E-state index is 0.0801. The van der Waals surface area contributed by atoms with Gasteiger partial charge in [0.05, 0.1) is 24.2 Å². The van der Waals surface area contributed by atoms with Crippen LogP contribution < -0.4 is 4.74 Å². The molecule has 0 aromatic carbocycles. The van der Waals surface area contributed by atoms with Crippen molar-refractivity contribution in [1.82, 2.24) is 14.9 Å². The summed E-state index contributed by atoms with van der Waals surface area (Å²) in [6, 6.07) is 5.85. The van der Waals surface area contributed by atoms with Crippen molar-refractivity contribution in [2.24, 2.45) is 5.41 Å². The maximum Gasteiger partial charge on any atom is 0.316 e. The second-order valence-corrected chi connectivity index (χ2v) is 7.10. The molecule has 1 amide bonds. The quantitative estimate of drug-likeness (QED) is 0.815. The van der Waals surface area contributed by atoms with Gasteiger partial charge in [-0.25, -0.2) is 9.97 Å². The molecule has 4 rings (SSSR count). The Hall–Kier alpha value is -2.41. The average Bonchev–Trinajstić information content (AvgIpc) is 3.29. The van der Waals surface area contributed by atoms with Gasteiger partial charge in [-0.15, -0.1) is 0 Å². The van der Waals surface area contributed by atoms with Crippen molar-refractivity contribution < 1.29 is 18.7 Å². The lowest BCUT2D eigenvalue weighted by Crippen LogP contribution is -2.54. The number of amides is 1. The van der Waals surface area contributed by atoms with E-state index in [1.165, 1.54) is 0 Å². The largest absolute Gasteiger partial charge is 0.469 e. The summed E-state index contributed by atoms with van der Waals surface area (Å²) >= 11 is 0. The summed E-state index contributed by atoms with van der Waals surface area (Å²) in [5, 5.41) is 0. The van der Waals surface area contributed by atoms with E-state index in [4.69, 9.17) is 13.9 Å². The van der Waals surface area contributed by atoms with Crippen LogP contribution in [0.25, 0.3) is 0 Å². The van der Waals surface area contributed by atoms with Crippen molar-refractivity contribution in [1.29, 1.82) is 0 Å². The number of carbonyl (C=O) groups excluding carboxylic acids is 1. The highest BCUT2D eigenvalue weighted by molar-refractivity contribution is 5.78. The van der Waals surface area contributed by atoms with Crippen LogP contribution in [0, 0.1) is 12.3 Å². The predicted molar refractivity (Wildman–Crippen MR) is 92.7 cm³/mol. The standard InChI is InChI=1S/C19H23N3O4/c1-14-4-7-20-18(21-14)26-13-19-6-10-25-16(19)5-8-22(12-19)17(23)11-15-3-2-9-24-15/h2-4,7,9,16H,5-6,8,10-13H2,1H3/t16-,19+/m1/s1. The predicted octanol–water partition coefficient (Wildman–Crippen LogP) is 2.01. The molecule has 2 aliphatic rings. The maximum absolute atomic E-state index is 12.7. The Balaban J connectivity index is 1.44. The van der Waals surface area contributed by atoms with Gasteiger partial charge >= 0.3 is 6.01 Å². The number of hydrogen-bond acceptors (Lipinski definition) is 6. The number of hydrogen-bond donors (Lipinski definition) is 0. The van der Waals surface area contributed by atoms with E-state index in [1.807, 2.05) is 24.0 Å². The summed E-state index contributed by atoms with van der Waals surface area (Å²) in [7, 11) is 0. The Morgan fingerprint density at radius 1 is 1.46 bits per heavy atom. The fourth-order valence-corrected chi connectivity index (χ4v) is 3.85. The first-order valence-electron chi connectivity index (χ1n) is 8.99. The van der Waals surface area contributed by atoms with E-state index in [2.05, 4.69) is 9.97 Å². The number of piperidine rings is 1. The number of aryl methyl sites for hydroxylation is 1. The van der Waals surface area contributed by atoms with E-state index in [0.717, 1.165) is 18.5 Å². The van der Waals surface area contributed by atoms with Crippen molar-refractivity contribution in [3.63, 3.8) is 0 Å². The fraction of sp³-hybridized carbons (Fsp3) is 0.526. The molecule has 26 heavy (non-hydrogen) atoms. The molecule has 4 heterocycles. The Kier molecular flexibility index (Phi) is 4.63. The summed E-state index contributed by atoms with van der Waals surface area (Å²) < 4.78 is 17.1. The van der Waals surface area contributed by atoms with E-state index in [9.17, 15) is 4.79 Å². The van der Waals surface area contributed by atoms with Crippen molar-refractivity contribution in [3.05, 3.63) is 42.1 Å². The van der Waals surface area contributed by atoms with Crippen LogP contribution in [0.4, 0.5) is 0 Å². The Labute approximate surface area is 152 Å². The van der Waals surface area contributed by atoms with Gasteiger partial charge in [-0.2, -0.15) is 0 Å². The number of carbonyl (C=O) groups is 1. The zero-order valence-corrected chi connectivity index (χ0v) is 14.9. The number of rotatable bonds is 5. The minimum atomic E-state index is -0.204. The van der Waals surface area contributed by atoms with Crippen LogP contribution in [0.1, 0.15) is 24.3 Å². The normalized spacial score (nSPS) is 25.1. The summed E-state index contributed by atoms with van der Waals surface area (Å²) in [5.74, 6) is 0.773. The SMILES string of the molecule is Cc1ccnc(OC[C@@]23CCO[C@@H]2CCN(C(=O)Cc2ccco2)C3)n1. The van der Waals surface area contributed by atoms with Gasteiger partial charge in [-0.05, 0) is 38.0 Å². The third-order valence-corrected chi connectivity index (χ3v) is 5.29. The van der Waals surface area contributed by atoms with Crippen LogP contribution in [0.3, 0.4) is 0 Å². The number of furan rings is 1. The summed E-state index contributed by atoms with van der Waals surface area (Å²) in [6.07, 6.45) is 5.38. The molecule has 2 atom stereocenters. The van der Waals surface area contributed by atoms with E-state index in [0.29, 0.717) is 38.1 Å². The molecule has 7 nitrogen and oxygen atoms in total. The van der Waals surface area contributed by atoms with Crippen molar-refractivity contribution in [2.75, 3.05) is 26.3 Å². The van der Waals surface area contributed by atoms with Crippen molar-refractivity contribution in [2.45, 2.75) is 32.3 Å². The lowest BCUT2D eigenvalue weighted by Gasteiger charge is -2.43. The highest BCUT2D eigenvalue weighted by atomic mass is 16.5. The number of nitrogens with zero attached hydrogens (tertiary/aromatic N) is 3. The van der Waals surface area contributed by atoms with Gasteiger partial charge in [0.2, 0.25) is 5.91 Å². The molecule has 2 saturated heterocycles. The number of ether oxygens (including phenoxy) is 2. The van der Waals surface area contributed by atoms with Gasteiger partial charge in [-0.3, -0.25) is 4.79 Å². The zero-order valence-electron chi connectivity index (χ0n) is 14.9. The molecule has 138 valence electrons. The van der Waals surface area contributed by atoms with Crippen LogP contribution in [-0.4, -0.2) is 53.2 Å². The van der Waals surface area contributed by atoms with Gasteiger partial charge < -0.3 is 18.8 Å². The first kappa shape index (κ1) is 17.0. The lowest BCUT2D eigenvalue weighted by molar-refractivity contribution is -0.137. The van der Waals surface area contributed by atoms with Crippen LogP contribution >= 0.6 is 0 Å². The molecule has 0 radical (unpaired) electrons. The van der Waals surface area contributed by atoms with Crippen LogP contribution in [0.15, 0.2) is 35.1 Å². The molecule has 2 aromatic heterocycles. The van der Waals surface area contributed by atoms with Gasteiger partial charge in [0.1, 0.15) is 12.4 Å². The lowest BCUT2D eigenvalue weighted by atomic mass is 9.77. The second-order valence-electron chi connectivity index (χ2n) is 7.10. The second kappa shape index (κ2) is 7.07. The average molecular weight is 357 g/mol. The number of likely N-dealkylation sites (tertiary alicyclic amines) is 1. The molecule has 2 aromatic rings. The van der Waals surface area contributed by atoms with E-state index in [1.54, 1.807) is 18.5 Å². The molecule has 2 fully saturated rings. The molecule has 0 N–H and O–H groups in total. The molecule has 0 saturated carbocycles. The monoisotopic (exact) mass is 357 g/mol. The molecular weight excluding hydrogens is 334 g/mol. The molecule has 0 spiro atoms. The van der Waals surface area contributed by atoms with Crippen LogP contribution in [-0.2, 0) is 16.0 Å². The van der Waals surface area contributed by atoms with E-state index >= 15 is 0 Å². The topological polar surface area (TPSA) is 77.7 Å². The first-order chi connectivity index (χ1) is 12.6. The van der Waals surface area contributed by atoms with E-state index in [-0.39, 0.29) is 23.8 Å². The number of fused-ring (bicyclic) bond motifs is 1. The Morgan fingerprint density at radius 2 is 2.38 bits per heavy atom. The fourth-order valence-electron chi connectivity index (χ4n) is 3.85. The molecule has 7 heteroatoms.